The Morgan fingerprint density at radius 2 is 1.74 bits per heavy atom. The van der Waals surface area contributed by atoms with Crippen molar-refractivity contribution in [3.8, 4) is 0 Å². The first-order valence-electron chi connectivity index (χ1n) is 5.98. The van der Waals surface area contributed by atoms with E-state index in [1.54, 1.807) is 12.4 Å². The van der Waals surface area contributed by atoms with Crippen LogP contribution in [0.15, 0.2) is 54.9 Å². The third kappa shape index (κ3) is 2.47. The third-order valence-electron chi connectivity index (χ3n) is 2.83. The van der Waals surface area contributed by atoms with Crippen LogP contribution in [0.4, 0.5) is 0 Å². The minimum Gasteiger partial charge on any atom is -0.294 e. The van der Waals surface area contributed by atoms with Crippen molar-refractivity contribution in [1.29, 1.82) is 0 Å². The van der Waals surface area contributed by atoms with E-state index in [0.717, 1.165) is 5.52 Å². The summed E-state index contributed by atoms with van der Waals surface area (Å²) in [6, 6.07) is 12.9. The quantitative estimate of drug-likeness (QED) is 0.669. The number of carbonyl (C=O) groups is 1. The lowest BCUT2D eigenvalue weighted by molar-refractivity contribution is 0.0992. The summed E-state index contributed by atoms with van der Waals surface area (Å²) in [7, 11) is 0. The van der Waals surface area contributed by atoms with Gasteiger partial charge in [-0.25, -0.2) is 9.97 Å². The van der Waals surface area contributed by atoms with Gasteiger partial charge in [0.25, 0.3) is 0 Å². The number of rotatable bonds is 3. The van der Waals surface area contributed by atoms with E-state index in [2.05, 4.69) is 15.0 Å². The Hall–Kier alpha value is -2.62. The van der Waals surface area contributed by atoms with E-state index in [-0.39, 0.29) is 12.2 Å². The second-order valence-electron chi connectivity index (χ2n) is 4.17. The highest BCUT2D eigenvalue weighted by molar-refractivity contribution is 5.97. The number of hydrogen-bond donors (Lipinski definition) is 0. The molecule has 0 saturated heterocycles. The number of ketones is 1. The van der Waals surface area contributed by atoms with Crippen LogP contribution in [0.1, 0.15) is 16.1 Å². The number of benzene rings is 1. The largest absolute Gasteiger partial charge is 0.294 e. The molecule has 1 aromatic carbocycles. The van der Waals surface area contributed by atoms with Gasteiger partial charge in [0.1, 0.15) is 5.52 Å². The van der Waals surface area contributed by atoms with Crippen LogP contribution in [0.5, 0.6) is 0 Å². The van der Waals surface area contributed by atoms with Crippen molar-refractivity contribution in [2.75, 3.05) is 0 Å². The van der Waals surface area contributed by atoms with Crippen LogP contribution in [-0.2, 0) is 6.42 Å². The van der Waals surface area contributed by atoms with Crippen LogP contribution >= 0.6 is 0 Å². The molecular weight excluding hydrogens is 238 g/mol. The van der Waals surface area contributed by atoms with Gasteiger partial charge >= 0.3 is 0 Å². The van der Waals surface area contributed by atoms with E-state index in [4.69, 9.17) is 0 Å². The number of pyridine rings is 1. The van der Waals surface area contributed by atoms with E-state index in [0.29, 0.717) is 16.9 Å². The highest BCUT2D eigenvalue weighted by atomic mass is 16.1. The van der Waals surface area contributed by atoms with E-state index in [9.17, 15) is 4.79 Å². The Kier molecular flexibility index (Phi) is 2.98. The molecule has 0 radical (unpaired) electrons. The fourth-order valence-corrected chi connectivity index (χ4v) is 1.88. The first-order chi connectivity index (χ1) is 9.33. The average Bonchev–Trinajstić information content (AvgIpc) is 2.48. The molecule has 0 aliphatic heterocycles. The van der Waals surface area contributed by atoms with Gasteiger partial charge in [0, 0.05) is 18.0 Å². The maximum atomic E-state index is 12.1. The summed E-state index contributed by atoms with van der Waals surface area (Å²) < 4.78 is 0. The van der Waals surface area contributed by atoms with Crippen LogP contribution in [0, 0.1) is 0 Å². The minimum atomic E-state index is 0.0522. The van der Waals surface area contributed by atoms with Gasteiger partial charge < -0.3 is 0 Å². The van der Waals surface area contributed by atoms with Crippen LogP contribution < -0.4 is 0 Å². The molecule has 3 aromatic rings. The molecule has 0 saturated carbocycles. The molecule has 2 aromatic heterocycles. The normalized spacial score (nSPS) is 10.5. The highest BCUT2D eigenvalue weighted by Crippen LogP contribution is 2.09. The van der Waals surface area contributed by atoms with Crippen LogP contribution in [0.2, 0.25) is 0 Å². The molecule has 4 heteroatoms. The minimum absolute atomic E-state index is 0.0522. The second-order valence-corrected chi connectivity index (χ2v) is 4.17. The van der Waals surface area contributed by atoms with Crippen molar-refractivity contribution in [3.05, 3.63) is 66.1 Å². The third-order valence-corrected chi connectivity index (χ3v) is 2.83. The second kappa shape index (κ2) is 4.94. The molecule has 4 nitrogen and oxygen atoms in total. The van der Waals surface area contributed by atoms with Gasteiger partial charge in [-0.3, -0.25) is 9.78 Å². The lowest BCUT2D eigenvalue weighted by atomic mass is 10.1. The Balaban J connectivity index is 1.87. The Morgan fingerprint density at radius 3 is 2.58 bits per heavy atom. The maximum Gasteiger partial charge on any atom is 0.178 e. The SMILES string of the molecule is O=C(Cc1ccc2nccnc2n1)c1ccccc1. The number of carbonyl (C=O) groups excluding carboxylic acids is 1. The lowest BCUT2D eigenvalue weighted by Crippen LogP contribution is -2.05. The zero-order valence-corrected chi connectivity index (χ0v) is 10.2. The van der Waals surface area contributed by atoms with E-state index < -0.39 is 0 Å². The number of Topliss-reactive ketones (excluding diaryl/α,β-unsaturated/α-hetero) is 1. The number of fused-ring (bicyclic) bond motifs is 1. The fraction of sp³-hybridized carbons (Fsp3) is 0.0667. The summed E-state index contributed by atoms with van der Waals surface area (Å²) in [4.78, 5) is 24.7. The van der Waals surface area contributed by atoms with Crippen LogP contribution in [-0.4, -0.2) is 20.7 Å². The predicted molar refractivity (Wildman–Crippen MR) is 71.8 cm³/mol. The molecule has 0 spiro atoms. The fourth-order valence-electron chi connectivity index (χ4n) is 1.88. The van der Waals surface area contributed by atoms with Gasteiger partial charge in [-0.2, -0.15) is 0 Å². The molecule has 0 unspecified atom stereocenters. The Bertz CT molecular complexity index is 726. The van der Waals surface area contributed by atoms with Crippen molar-refractivity contribution in [2.24, 2.45) is 0 Å². The molecule has 2 heterocycles. The van der Waals surface area contributed by atoms with Gasteiger partial charge in [0.15, 0.2) is 11.4 Å². The van der Waals surface area contributed by atoms with Gasteiger partial charge in [-0.15, -0.1) is 0 Å². The topological polar surface area (TPSA) is 55.7 Å². The summed E-state index contributed by atoms with van der Waals surface area (Å²) in [5.74, 6) is 0.0522. The van der Waals surface area contributed by atoms with Crippen molar-refractivity contribution in [2.45, 2.75) is 6.42 Å². The zero-order chi connectivity index (χ0) is 13.1. The number of hydrogen-bond acceptors (Lipinski definition) is 4. The average molecular weight is 249 g/mol. The summed E-state index contributed by atoms with van der Waals surface area (Å²) in [6.07, 6.45) is 3.49. The van der Waals surface area contributed by atoms with E-state index in [1.807, 2.05) is 42.5 Å². The smallest absolute Gasteiger partial charge is 0.178 e. The number of nitrogens with zero attached hydrogens (tertiary/aromatic N) is 3. The highest BCUT2D eigenvalue weighted by Gasteiger charge is 2.08. The van der Waals surface area contributed by atoms with Gasteiger partial charge in [0.2, 0.25) is 0 Å². The molecule has 0 N–H and O–H groups in total. The van der Waals surface area contributed by atoms with Crippen molar-refractivity contribution < 1.29 is 4.79 Å². The van der Waals surface area contributed by atoms with Crippen molar-refractivity contribution in [3.63, 3.8) is 0 Å². The molecule has 0 fully saturated rings. The zero-order valence-electron chi connectivity index (χ0n) is 10.2. The molecule has 0 amide bonds. The molecule has 0 atom stereocenters. The lowest BCUT2D eigenvalue weighted by Gasteiger charge is -2.02. The maximum absolute atomic E-state index is 12.1. The summed E-state index contributed by atoms with van der Waals surface area (Å²) >= 11 is 0. The molecular formula is C15H11N3O. The summed E-state index contributed by atoms with van der Waals surface area (Å²) in [5, 5.41) is 0. The van der Waals surface area contributed by atoms with Gasteiger partial charge in [0.05, 0.1) is 12.1 Å². The molecule has 0 bridgehead atoms. The number of aromatic nitrogens is 3. The van der Waals surface area contributed by atoms with E-state index in [1.165, 1.54) is 0 Å². The molecule has 3 rings (SSSR count). The molecule has 92 valence electrons. The van der Waals surface area contributed by atoms with Crippen LogP contribution in [0.25, 0.3) is 11.2 Å². The molecule has 0 aliphatic carbocycles. The van der Waals surface area contributed by atoms with Gasteiger partial charge in [-0.1, -0.05) is 30.3 Å². The molecule has 19 heavy (non-hydrogen) atoms. The summed E-state index contributed by atoms with van der Waals surface area (Å²) in [6.45, 7) is 0. The van der Waals surface area contributed by atoms with Gasteiger partial charge in [-0.05, 0) is 12.1 Å². The van der Waals surface area contributed by atoms with Crippen LogP contribution in [0.3, 0.4) is 0 Å². The Labute approximate surface area is 110 Å². The Morgan fingerprint density at radius 1 is 0.947 bits per heavy atom. The van der Waals surface area contributed by atoms with Crippen molar-refractivity contribution >= 4 is 16.9 Å². The standard InChI is InChI=1S/C15H11N3O/c19-14(11-4-2-1-3-5-11)10-12-6-7-13-15(18-12)17-9-8-16-13/h1-9H,10H2. The molecule has 0 aliphatic rings. The van der Waals surface area contributed by atoms with Crippen molar-refractivity contribution in [1.82, 2.24) is 15.0 Å². The predicted octanol–water partition coefficient (Wildman–Crippen LogP) is 2.45. The first-order valence-corrected chi connectivity index (χ1v) is 5.98. The summed E-state index contributed by atoms with van der Waals surface area (Å²) in [5.41, 5.74) is 2.71. The monoisotopic (exact) mass is 249 g/mol. The van der Waals surface area contributed by atoms with E-state index >= 15 is 0 Å². The first kappa shape index (κ1) is 11.5.